The van der Waals surface area contributed by atoms with Crippen LogP contribution in [-0.2, 0) is 29.4 Å². The largest absolute Gasteiger partial charge is 0.443 e. The number of nitrogens with zero attached hydrogens (tertiary/aromatic N) is 4. The van der Waals surface area contributed by atoms with E-state index in [1.807, 2.05) is 36.4 Å². The summed E-state index contributed by atoms with van der Waals surface area (Å²) in [6.45, 7) is 5.53. The van der Waals surface area contributed by atoms with Gasteiger partial charge >= 0.3 is 11.8 Å². The van der Waals surface area contributed by atoms with Gasteiger partial charge in [-0.2, -0.15) is 5.10 Å². The van der Waals surface area contributed by atoms with E-state index in [4.69, 9.17) is 9.47 Å². The molecule has 0 amide bonds. The molecule has 9 nitrogen and oxygen atoms in total. The average Bonchev–Trinajstić information content (AvgIpc) is 3.25. The first-order valence-electron chi connectivity index (χ1n) is 11.0. The zero-order chi connectivity index (χ0) is 25.2. The SMILES string of the molecule is CC(C)(C)OC(=O)n1ccc2c(Cn3nc(Br)c(=O)n(COCc4ccccc4)c3=O)cccc21. The Kier molecular flexibility index (Phi) is 7.04. The van der Waals surface area contributed by atoms with E-state index in [2.05, 4.69) is 21.0 Å². The maximum atomic E-state index is 13.1. The summed E-state index contributed by atoms with van der Waals surface area (Å²) in [6.07, 6.45) is 1.14. The van der Waals surface area contributed by atoms with Crippen molar-refractivity contribution < 1.29 is 14.3 Å². The summed E-state index contributed by atoms with van der Waals surface area (Å²) in [5.74, 6) is 0. The van der Waals surface area contributed by atoms with Crippen LogP contribution in [-0.4, -0.2) is 30.6 Å². The molecule has 2 heterocycles. The highest BCUT2D eigenvalue weighted by Gasteiger charge is 2.20. The second-order valence-electron chi connectivity index (χ2n) is 8.94. The number of fused-ring (bicyclic) bond motifs is 1. The van der Waals surface area contributed by atoms with Gasteiger partial charge in [0.25, 0.3) is 5.56 Å². The number of benzene rings is 2. The molecule has 4 rings (SSSR count). The molecule has 35 heavy (non-hydrogen) atoms. The number of halogens is 1. The van der Waals surface area contributed by atoms with Crippen LogP contribution in [0.3, 0.4) is 0 Å². The Balaban J connectivity index is 1.61. The van der Waals surface area contributed by atoms with Gasteiger partial charge in [0.2, 0.25) is 0 Å². The first-order chi connectivity index (χ1) is 16.6. The van der Waals surface area contributed by atoms with Gasteiger partial charge in [-0.3, -0.25) is 9.36 Å². The van der Waals surface area contributed by atoms with Crippen molar-refractivity contribution in [3.05, 3.63) is 97.4 Å². The van der Waals surface area contributed by atoms with Crippen LogP contribution in [0.25, 0.3) is 10.9 Å². The smallest absolute Gasteiger partial charge is 0.418 e. The number of aromatic nitrogens is 4. The van der Waals surface area contributed by atoms with Gasteiger partial charge in [-0.1, -0.05) is 42.5 Å². The van der Waals surface area contributed by atoms with Gasteiger partial charge in [-0.05, 0) is 60.0 Å². The average molecular weight is 541 g/mol. The van der Waals surface area contributed by atoms with Crippen LogP contribution in [0.5, 0.6) is 0 Å². The molecular weight excluding hydrogens is 516 g/mol. The summed E-state index contributed by atoms with van der Waals surface area (Å²) in [7, 11) is 0. The summed E-state index contributed by atoms with van der Waals surface area (Å²) in [5.41, 5.74) is 0.508. The molecule has 0 unspecified atom stereocenters. The monoisotopic (exact) mass is 540 g/mol. The summed E-state index contributed by atoms with van der Waals surface area (Å²) >= 11 is 3.16. The molecule has 0 aliphatic heterocycles. The molecule has 2 aromatic heterocycles. The molecule has 0 N–H and O–H groups in total. The van der Waals surface area contributed by atoms with Gasteiger partial charge < -0.3 is 9.47 Å². The second-order valence-corrected chi connectivity index (χ2v) is 9.69. The third-order valence-electron chi connectivity index (χ3n) is 5.15. The van der Waals surface area contributed by atoms with Gasteiger partial charge in [0.05, 0.1) is 18.7 Å². The standard InChI is InChI=1S/C25H25BrN4O5/c1-25(2,3)35-24(33)28-13-12-19-18(10-7-11-20(19)28)14-30-23(32)29(22(31)21(26)27-30)16-34-15-17-8-5-4-6-9-17/h4-13H,14-16H2,1-3H3. The van der Waals surface area contributed by atoms with E-state index in [9.17, 15) is 14.4 Å². The number of hydrogen-bond acceptors (Lipinski definition) is 6. The van der Waals surface area contributed by atoms with E-state index in [-0.39, 0.29) is 24.5 Å². The fourth-order valence-corrected chi connectivity index (χ4v) is 3.98. The van der Waals surface area contributed by atoms with Crippen LogP contribution in [0.1, 0.15) is 31.9 Å². The molecule has 0 saturated carbocycles. The lowest BCUT2D eigenvalue weighted by Gasteiger charge is -2.19. The fraction of sp³-hybridized carbons (Fsp3) is 0.280. The number of rotatable bonds is 6. The Morgan fingerprint density at radius 3 is 2.49 bits per heavy atom. The van der Waals surface area contributed by atoms with Gasteiger partial charge in [0.1, 0.15) is 12.3 Å². The number of hydrogen-bond donors (Lipinski definition) is 0. The first-order valence-corrected chi connectivity index (χ1v) is 11.7. The first kappa shape index (κ1) is 24.6. The van der Waals surface area contributed by atoms with Crippen molar-refractivity contribution in [1.29, 1.82) is 0 Å². The van der Waals surface area contributed by atoms with Crippen LogP contribution >= 0.6 is 15.9 Å². The molecule has 0 bridgehead atoms. The zero-order valence-electron chi connectivity index (χ0n) is 19.6. The Bertz CT molecular complexity index is 1480. The lowest BCUT2D eigenvalue weighted by molar-refractivity contribution is 0.0544. The van der Waals surface area contributed by atoms with Gasteiger partial charge in [0.15, 0.2) is 4.60 Å². The quantitative estimate of drug-likeness (QED) is 0.364. The summed E-state index contributed by atoms with van der Waals surface area (Å²) < 4.78 is 14.7. The topological polar surface area (TPSA) is 97.4 Å². The van der Waals surface area contributed by atoms with Crippen LogP contribution in [0.4, 0.5) is 4.79 Å². The molecule has 0 saturated heterocycles. The molecule has 0 aliphatic carbocycles. The van der Waals surface area contributed by atoms with Crippen molar-refractivity contribution in [2.45, 2.75) is 46.3 Å². The van der Waals surface area contributed by atoms with E-state index in [1.54, 1.807) is 45.2 Å². The zero-order valence-corrected chi connectivity index (χ0v) is 21.2. The Hall–Kier alpha value is -3.50. The molecule has 2 aromatic carbocycles. The molecule has 0 spiro atoms. The van der Waals surface area contributed by atoms with Gasteiger partial charge in [-0.25, -0.2) is 18.8 Å². The van der Waals surface area contributed by atoms with E-state index in [1.165, 1.54) is 9.25 Å². The maximum absolute atomic E-state index is 13.1. The minimum absolute atomic E-state index is 0.00101. The van der Waals surface area contributed by atoms with Crippen LogP contribution in [0, 0.1) is 0 Å². The maximum Gasteiger partial charge on any atom is 0.418 e. The van der Waals surface area contributed by atoms with Crippen molar-refractivity contribution in [3.8, 4) is 0 Å². The van der Waals surface area contributed by atoms with E-state index in [0.29, 0.717) is 5.52 Å². The highest BCUT2D eigenvalue weighted by atomic mass is 79.9. The van der Waals surface area contributed by atoms with Crippen molar-refractivity contribution in [1.82, 2.24) is 18.9 Å². The fourth-order valence-electron chi connectivity index (χ4n) is 3.58. The van der Waals surface area contributed by atoms with Crippen molar-refractivity contribution in [2.75, 3.05) is 0 Å². The molecule has 182 valence electrons. The summed E-state index contributed by atoms with van der Waals surface area (Å²) in [6, 6.07) is 16.7. The van der Waals surface area contributed by atoms with Crippen molar-refractivity contribution in [2.24, 2.45) is 0 Å². The Labute approximate surface area is 209 Å². The molecule has 0 fully saturated rings. The molecule has 4 aromatic rings. The van der Waals surface area contributed by atoms with E-state index >= 15 is 0 Å². The summed E-state index contributed by atoms with van der Waals surface area (Å²) in [5, 5.41) is 4.89. The molecule has 10 heteroatoms. The summed E-state index contributed by atoms with van der Waals surface area (Å²) in [4.78, 5) is 38.2. The Morgan fingerprint density at radius 1 is 1.03 bits per heavy atom. The predicted octanol–water partition coefficient (Wildman–Crippen LogP) is 4.13. The highest BCUT2D eigenvalue weighted by molar-refractivity contribution is 9.10. The molecule has 0 aliphatic rings. The van der Waals surface area contributed by atoms with Crippen LogP contribution in [0.15, 0.2) is 75.0 Å². The van der Waals surface area contributed by atoms with Crippen molar-refractivity contribution >= 4 is 32.9 Å². The number of carbonyl (C=O) groups is 1. The normalized spacial score (nSPS) is 11.7. The number of carbonyl (C=O) groups excluding carboxylic acids is 1. The molecule has 0 radical (unpaired) electrons. The molecule has 0 atom stereocenters. The third kappa shape index (κ3) is 5.60. The third-order valence-corrected chi connectivity index (χ3v) is 5.65. The van der Waals surface area contributed by atoms with Gasteiger partial charge in [-0.15, -0.1) is 0 Å². The van der Waals surface area contributed by atoms with Crippen LogP contribution < -0.4 is 11.2 Å². The Morgan fingerprint density at radius 2 is 1.77 bits per heavy atom. The number of ether oxygens (including phenoxy) is 2. The predicted molar refractivity (Wildman–Crippen MR) is 134 cm³/mol. The lowest BCUT2D eigenvalue weighted by Crippen LogP contribution is -2.42. The van der Waals surface area contributed by atoms with Crippen molar-refractivity contribution in [3.63, 3.8) is 0 Å². The highest BCUT2D eigenvalue weighted by Crippen LogP contribution is 2.22. The lowest BCUT2D eigenvalue weighted by atomic mass is 10.1. The van der Waals surface area contributed by atoms with E-state index in [0.717, 1.165) is 21.1 Å². The van der Waals surface area contributed by atoms with E-state index < -0.39 is 22.9 Å². The van der Waals surface area contributed by atoms with Gasteiger partial charge in [0, 0.05) is 11.6 Å². The minimum Gasteiger partial charge on any atom is -0.443 e. The minimum atomic E-state index is -0.634. The van der Waals surface area contributed by atoms with Crippen LogP contribution in [0.2, 0.25) is 0 Å². The second kappa shape index (κ2) is 10.0. The molecular formula is C25H25BrN4O5.